The van der Waals surface area contributed by atoms with Crippen molar-refractivity contribution >= 4 is 18.0 Å². The number of carbonyl (C=O) groups excluding carboxylic acids is 1. The van der Waals surface area contributed by atoms with E-state index in [0.717, 1.165) is 32.8 Å². The van der Waals surface area contributed by atoms with E-state index >= 15 is 0 Å². The molecule has 1 heterocycles. The first-order valence-corrected chi connectivity index (χ1v) is 10.7. The van der Waals surface area contributed by atoms with Crippen LogP contribution < -0.4 is 4.74 Å². The standard InChI is InChI=1S/C25H27NO3S/c1-18-23(9-6-20(24(18)28)16-25(2,3)12-15-27)29-17-19-4-7-21(8-5-19)30-22-10-13-26-14-11-22/h4-11,13-15,28H,12,16-17H2,1-3H3. The van der Waals surface area contributed by atoms with E-state index in [-0.39, 0.29) is 11.2 Å². The molecule has 0 spiro atoms. The summed E-state index contributed by atoms with van der Waals surface area (Å²) >= 11 is 1.69. The van der Waals surface area contributed by atoms with Gasteiger partial charge in [-0.25, -0.2) is 0 Å². The number of nitrogens with zero attached hydrogens (tertiary/aromatic N) is 1. The first kappa shape index (κ1) is 21.9. The fourth-order valence-electron chi connectivity index (χ4n) is 3.21. The van der Waals surface area contributed by atoms with Gasteiger partial charge in [-0.3, -0.25) is 4.98 Å². The highest BCUT2D eigenvalue weighted by Gasteiger charge is 2.21. The van der Waals surface area contributed by atoms with Crippen LogP contribution in [0.15, 0.2) is 70.7 Å². The number of ether oxygens (including phenoxy) is 1. The molecule has 156 valence electrons. The van der Waals surface area contributed by atoms with Gasteiger partial charge in [-0.15, -0.1) is 0 Å². The van der Waals surface area contributed by atoms with Crippen LogP contribution in [0.4, 0.5) is 0 Å². The van der Waals surface area contributed by atoms with Gasteiger partial charge in [0.05, 0.1) is 0 Å². The van der Waals surface area contributed by atoms with Crippen molar-refractivity contribution in [3.8, 4) is 11.5 Å². The van der Waals surface area contributed by atoms with Gasteiger partial charge in [-0.05, 0) is 60.2 Å². The molecule has 0 atom stereocenters. The number of benzene rings is 2. The van der Waals surface area contributed by atoms with E-state index in [2.05, 4.69) is 29.2 Å². The highest BCUT2D eigenvalue weighted by Crippen LogP contribution is 2.36. The van der Waals surface area contributed by atoms with E-state index in [9.17, 15) is 9.90 Å². The molecule has 0 saturated heterocycles. The number of hydrogen-bond acceptors (Lipinski definition) is 5. The number of phenolic OH excluding ortho intramolecular Hbond substituents is 1. The Bertz CT molecular complexity index is 985. The Morgan fingerprint density at radius 3 is 2.37 bits per heavy atom. The summed E-state index contributed by atoms with van der Waals surface area (Å²) in [4.78, 5) is 17.2. The molecule has 0 aliphatic heterocycles. The van der Waals surface area contributed by atoms with Gasteiger partial charge in [0.25, 0.3) is 0 Å². The van der Waals surface area contributed by atoms with Gasteiger partial charge in [-0.1, -0.05) is 43.8 Å². The van der Waals surface area contributed by atoms with Crippen molar-refractivity contribution in [1.29, 1.82) is 0 Å². The number of aromatic hydroxyl groups is 1. The smallest absolute Gasteiger partial charge is 0.126 e. The monoisotopic (exact) mass is 421 g/mol. The highest BCUT2D eigenvalue weighted by molar-refractivity contribution is 7.99. The second-order valence-electron chi connectivity index (χ2n) is 8.13. The second-order valence-corrected chi connectivity index (χ2v) is 9.27. The molecule has 3 rings (SSSR count). The molecular formula is C25H27NO3S. The van der Waals surface area contributed by atoms with Crippen molar-refractivity contribution < 1.29 is 14.6 Å². The van der Waals surface area contributed by atoms with Gasteiger partial charge in [0.15, 0.2) is 0 Å². The second kappa shape index (κ2) is 9.81. The Morgan fingerprint density at radius 2 is 1.70 bits per heavy atom. The van der Waals surface area contributed by atoms with Crippen molar-refractivity contribution in [3.05, 3.63) is 77.6 Å². The third-order valence-electron chi connectivity index (χ3n) is 4.97. The van der Waals surface area contributed by atoms with E-state index in [1.54, 1.807) is 24.2 Å². The number of rotatable bonds is 9. The fourth-order valence-corrected chi connectivity index (χ4v) is 4.01. The molecule has 1 N–H and O–H groups in total. The Hall–Kier alpha value is -2.79. The maximum Gasteiger partial charge on any atom is 0.126 e. The lowest BCUT2D eigenvalue weighted by molar-refractivity contribution is -0.109. The maximum absolute atomic E-state index is 10.9. The third-order valence-corrected chi connectivity index (χ3v) is 5.99. The zero-order valence-corrected chi connectivity index (χ0v) is 18.4. The lowest BCUT2D eigenvalue weighted by atomic mass is 9.82. The summed E-state index contributed by atoms with van der Waals surface area (Å²) in [7, 11) is 0. The van der Waals surface area contributed by atoms with Crippen molar-refractivity contribution in [2.75, 3.05) is 0 Å². The maximum atomic E-state index is 10.9. The number of phenols is 1. The van der Waals surface area contributed by atoms with Crippen LogP contribution in [-0.4, -0.2) is 16.4 Å². The largest absolute Gasteiger partial charge is 0.507 e. The molecule has 4 nitrogen and oxygen atoms in total. The molecule has 5 heteroatoms. The number of carbonyl (C=O) groups is 1. The number of aldehydes is 1. The number of aromatic nitrogens is 1. The minimum Gasteiger partial charge on any atom is -0.507 e. The average molecular weight is 422 g/mol. The van der Waals surface area contributed by atoms with Crippen LogP contribution in [0.25, 0.3) is 0 Å². The van der Waals surface area contributed by atoms with Crippen LogP contribution in [0.3, 0.4) is 0 Å². The summed E-state index contributed by atoms with van der Waals surface area (Å²) in [5, 5.41) is 10.6. The average Bonchev–Trinajstić information content (AvgIpc) is 2.73. The molecular weight excluding hydrogens is 394 g/mol. The van der Waals surface area contributed by atoms with Gasteiger partial charge >= 0.3 is 0 Å². The normalized spacial score (nSPS) is 11.3. The summed E-state index contributed by atoms with van der Waals surface area (Å²) in [6.07, 6.45) is 5.60. The molecule has 0 radical (unpaired) electrons. The summed E-state index contributed by atoms with van der Waals surface area (Å²) in [6, 6.07) is 16.0. The predicted molar refractivity (Wildman–Crippen MR) is 120 cm³/mol. The Balaban J connectivity index is 1.63. The molecule has 2 aromatic carbocycles. The summed E-state index contributed by atoms with van der Waals surface area (Å²) in [6.45, 7) is 6.33. The molecule has 0 unspecified atom stereocenters. The molecule has 30 heavy (non-hydrogen) atoms. The van der Waals surface area contributed by atoms with Crippen molar-refractivity contribution in [2.45, 2.75) is 50.0 Å². The summed E-state index contributed by atoms with van der Waals surface area (Å²) in [5.74, 6) is 0.912. The lowest BCUT2D eigenvalue weighted by Gasteiger charge is -2.23. The van der Waals surface area contributed by atoms with Crippen molar-refractivity contribution in [1.82, 2.24) is 4.98 Å². The number of hydrogen-bond donors (Lipinski definition) is 1. The first-order chi connectivity index (χ1) is 14.4. The van der Waals surface area contributed by atoms with Crippen LogP contribution in [0.1, 0.15) is 37.0 Å². The molecule has 0 fully saturated rings. The van der Waals surface area contributed by atoms with E-state index in [1.807, 2.05) is 45.0 Å². The summed E-state index contributed by atoms with van der Waals surface area (Å²) in [5.41, 5.74) is 2.43. The van der Waals surface area contributed by atoms with Gasteiger partial charge in [-0.2, -0.15) is 0 Å². The van der Waals surface area contributed by atoms with Gasteiger partial charge in [0.1, 0.15) is 24.4 Å². The Morgan fingerprint density at radius 1 is 1.03 bits per heavy atom. The van der Waals surface area contributed by atoms with Crippen LogP contribution >= 0.6 is 11.8 Å². The van der Waals surface area contributed by atoms with Crippen LogP contribution in [0, 0.1) is 12.3 Å². The third kappa shape index (κ3) is 5.86. The Kier molecular flexibility index (Phi) is 7.16. The van der Waals surface area contributed by atoms with Crippen molar-refractivity contribution in [3.63, 3.8) is 0 Å². The zero-order valence-electron chi connectivity index (χ0n) is 17.6. The van der Waals surface area contributed by atoms with E-state index < -0.39 is 0 Å². The molecule has 0 amide bonds. The van der Waals surface area contributed by atoms with E-state index in [1.165, 1.54) is 0 Å². The molecule has 0 bridgehead atoms. The molecule has 0 aliphatic rings. The van der Waals surface area contributed by atoms with Crippen LogP contribution in [0.2, 0.25) is 0 Å². The van der Waals surface area contributed by atoms with Gasteiger partial charge < -0.3 is 14.6 Å². The molecule has 0 saturated carbocycles. The minimum atomic E-state index is -0.190. The molecule has 1 aromatic heterocycles. The van der Waals surface area contributed by atoms with Crippen LogP contribution in [0.5, 0.6) is 11.5 Å². The van der Waals surface area contributed by atoms with E-state index in [4.69, 9.17) is 4.74 Å². The zero-order chi connectivity index (χ0) is 21.6. The predicted octanol–water partition coefficient (Wildman–Crippen LogP) is 5.98. The van der Waals surface area contributed by atoms with Gasteiger partial charge in [0.2, 0.25) is 0 Å². The molecule has 3 aromatic rings. The van der Waals surface area contributed by atoms with Crippen molar-refractivity contribution in [2.24, 2.45) is 5.41 Å². The lowest BCUT2D eigenvalue weighted by Crippen LogP contribution is -2.15. The highest BCUT2D eigenvalue weighted by atomic mass is 32.2. The fraction of sp³-hybridized carbons (Fsp3) is 0.280. The molecule has 0 aliphatic carbocycles. The first-order valence-electron chi connectivity index (χ1n) is 9.93. The topological polar surface area (TPSA) is 59.4 Å². The number of pyridine rings is 1. The SMILES string of the molecule is Cc1c(OCc2ccc(Sc3ccncc3)cc2)ccc(CC(C)(C)CC=O)c1O. The Labute approximate surface area is 182 Å². The summed E-state index contributed by atoms with van der Waals surface area (Å²) < 4.78 is 5.96. The van der Waals surface area contributed by atoms with Crippen LogP contribution in [-0.2, 0) is 17.8 Å². The quantitative estimate of drug-likeness (QED) is 0.431. The van der Waals surface area contributed by atoms with E-state index in [0.29, 0.717) is 25.2 Å². The van der Waals surface area contributed by atoms with Gasteiger partial charge in [0, 0.05) is 34.2 Å². The minimum absolute atomic E-state index is 0.190.